The van der Waals surface area contributed by atoms with Gasteiger partial charge in [-0.15, -0.1) is 0 Å². The van der Waals surface area contributed by atoms with Crippen LogP contribution >= 0.6 is 0 Å². The number of rotatable bonds is 5. The molecule has 3 rings (SSSR count). The van der Waals surface area contributed by atoms with Crippen molar-refractivity contribution in [1.82, 2.24) is 9.97 Å². The van der Waals surface area contributed by atoms with Gasteiger partial charge in [0.2, 0.25) is 0 Å². The zero-order valence-corrected chi connectivity index (χ0v) is 14.5. The molecule has 7 nitrogen and oxygen atoms in total. The lowest BCUT2D eigenvalue weighted by atomic mass is 10.2. The Hall–Kier alpha value is -3.56. The van der Waals surface area contributed by atoms with Crippen molar-refractivity contribution in [2.45, 2.75) is 6.18 Å². The van der Waals surface area contributed by atoms with E-state index in [1.54, 1.807) is 30.3 Å². The van der Waals surface area contributed by atoms with Crippen molar-refractivity contribution < 1.29 is 32.5 Å². The molecule has 3 aromatic rings. The van der Waals surface area contributed by atoms with Crippen LogP contribution in [0, 0.1) is 0 Å². The number of benzene rings is 2. The first kappa shape index (κ1) is 19.2. The lowest BCUT2D eigenvalue weighted by molar-refractivity contribution is -0.153. The maximum Gasteiger partial charge on any atom is 0.422 e. The number of fused-ring (bicyclic) bond motifs is 1. The molecular formula is C18H14F3N3O4. The Balaban J connectivity index is 2.13. The minimum absolute atomic E-state index is 0.00815. The maximum atomic E-state index is 12.5. The molecule has 0 radical (unpaired) electrons. The predicted octanol–water partition coefficient (Wildman–Crippen LogP) is 4.40. The summed E-state index contributed by atoms with van der Waals surface area (Å²) in [4.78, 5) is 20.9. The highest BCUT2D eigenvalue weighted by molar-refractivity contribution is 6.03. The molecule has 1 N–H and O–H groups in total. The molecule has 2 aromatic carbocycles. The van der Waals surface area contributed by atoms with Crippen LogP contribution in [0.15, 0.2) is 48.8 Å². The SMILES string of the molecule is COc1cc2c(N(C(=O)O)c3ccccc3)ncnc2cc1OCC(F)(F)F. The highest BCUT2D eigenvalue weighted by atomic mass is 19.4. The molecule has 0 unspecified atom stereocenters. The van der Waals surface area contributed by atoms with Crippen molar-refractivity contribution in [3.8, 4) is 11.5 Å². The molecule has 0 saturated carbocycles. The number of carbonyl (C=O) groups is 1. The van der Waals surface area contributed by atoms with E-state index in [-0.39, 0.29) is 28.2 Å². The Morgan fingerprint density at radius 1 is 1.14 bits per heavy atom. The van der Waals surface area contributed by atoms with Crippen LogP contribution in [0.2, 0.25) is 0 Å². The number of amides is 1. The quantitative estimate of drug-likeness (QED) is 0.692. The Kier molecular flexibility index (Phi) is 5.21. The van der Waals surface area contributed by atoms with Gasteiger partial charge in [-0.05, 0) is 18.2 Å². The molecule has 1 aromatic heterocycles. The lowest BCUT2D eigenvalue weighted by Crippen LogP contribution is -2.25. The van der Waals surface area contributed by atoms with Gasteiger partial charge in [0.25, 0.3) is 0 Å². The second-order valence-corrected chi connectivity index (χ2v) is 5.57. The number of nitrogens with zero attached hydrogens (tertiary/aromatic N) is 3. The zero-order chi connectivity index (χ0) is 20.3. The first-order chi connectivity index (χ1) is 13.3. The second-order valence-electron chi connectivity index (χ2n) is 5.57. The van der Waals surface area contributed by atoms with Crippen LogP contribution < -0.4 is 14.4 Å². The van der Waals surface area contributed by atoms with Crippen LogP contribution in [0.4, 0.5) is 29.5 Å². The lowest BCUT2D eigenvalue weighted by Gasteiger charge is -2.20. The monoisotopic (exact) mass is 393 g/mol. The number of hydrogen-bond donors (Lipinski definition) is 1. The Bertz CT molecular complexity index is 997. The molecular weight excluding hydrogens is 379 g/mol. The van der Waals surface area contributed by atoms with E-state index in [1.807, 2.05) is 0 Å². The summed E-state index contributed by atoms with van der Waals surface area (Å²) in [5.74, 6) is -0.144. The third-order valence-corrected chi connectivity index (χ3v) is 3.71. The maximum absolute atomic E-state index is 12.5. The average Bonchev–Trinajstić information content (AvgIpc) is 2.66. The first-order valence-corrected chi connectivity index (χ1v) is 7.90. The van der Waals surface area contributed by atoms with E-state index in [9.17, 15) is 23.1 Å². The molecule has 0 fully saturated rings. The van der Waals surface area contributed by atoms with Crippen molar-refractivity contribution >= 4 is 28.5 Å². The van der Waals surface area contributed by atoms with Gasteiger partial charge in [-0.3, -0.25) is 0 Å². The molecule has 0 atom stereocenters. The summed E-state index contributed by atoms with van der Waals surface area (Å²) in [6.45, 7) is -1.50. The third-order valence-electron chi connectivity index (χ3n) is 3.71. The average molecular weight is 393 g/mol. The summed E-state index contributed by atoms with van der Waals surface area (Å²) in [5.41, 5.74) is 0.538. The molecule has 10 heteroatoms. The molecule has 1 amide bonds. The van der Waals surface area contributed by atoms with E-state index < -0.39 is 18.9 Å². The number of anilines is 2. The molecule has 0 saturated heterocycles. The summed E-state index contributed by atoms with van der Waals surface area (Å²) in [6, 6.07) is 10.8. The molecule has 0 spiro atoms. The van der Waals surface area contributed by atoms with Crippen molar-refractivity contribution in [2.24, 2.45) is 0 Å². The van der Waals surface area contributed by atoms with Gasteiger partial charge < -0.3 is 14.6 Å². The fourth-order valence-electron chi connectivity index (χ4n) is 2.56. The largest absolute Gasteiger partial charge is 0.493 e. The van der Waals surface area contributed by atoms with Crippen molar-refractivity contribution in [3.63, 3.8) is 0 Å². The molecule has 28 heavy (non-hydrogen) atoms. The van der Waals surface area contributed by atoms with Gasteiger partial charge in [-0.25, -0.2) is 19.7 Å². The van der Waals surface area contributed by atoms with Crippen molar-refractivity contribution in [3.05, 3.63) is 48.8 Å². The highest BCUT2D eigenvalue weighted by Gasteiger charge is 2.29. The van der Waals surface area contributed by atoms with Crippen LogP contribution in [0.25, 0.3) is 10.9 Å². The van der Waals surface area contributed by atoms with Gasteiger partial charge >= 0.3 is 12.3 Å². The van der Waals surface area contributed by atoms with E-state index in [1.165, 1.54) is 19.2 Å². The van der Waals surface area contributed by atoms with Gasteiger partial charge in [0.15, 0.2) is 23.9 Å². The number of hydrogen-bond acceptors (Lipinski definition) is 5. The summed E-state index contributed by atoms with van der Waals surface area (Å²) in [6.07, 6.45) is -4.69. The molecule has 1 heterocycles. The second kappa shape index (κ2) is 7.59. The van der Waals surface area contributed by atoms with E-state index >= 15 is 0 Å². The molecule has 0 aliphatic heterocycles. The van der Waals surface area contributed by atoms with E-state index in [0.717, 1.165) is 11.2 Å². The highest BCUT2D eigenvalue weighted by Crippen LogP contribution is 2.37. The predicted molar refractivity (Wildman–Crippen MR) is 94.2 cm³/mol. The fourth-order valence-corrected chi connectivity index (χ4v) is 2.56. The number of alkyl halides is 3. The van der Waals surface area contributed by atoms with Crippen LogP contribution in [0.5, 0.6) is 11.5 Å². The number of halogens is 3. The minimum atomic E-state index is -4.52. The molecule has 0 aliphatic rings. The normalized spacial score (nSPS) is 11.3. The number of methoxy groups -OCH3 is 1. The molecule has 146 valence electrons. The third kappa shape index (κ3) is 4.05. The van der Waals surface area contributed by atoms with Gasteiger partial charge in [-0.2, -0.15) is 13.2 Å². The number of carboxylic acid groups (broad SMARTS) is 1. The first-order valence-electron chi connectivity index (χ1n) is 7.90. The van der Waals surface area contributed by atoms with Gasteiger partial charge in [0, 0.05) is 11.5 Å². The standard InChI is InChI=1S/C18H14F3N3O4/c1-27-14-7-12-13(8-15(14)28-9-18(19,20)21)22-10-23-16(12)24(17(25)26)11-5-3-2-4-6-11/h2-8,10H,9H2,1H3,(H,25,26). The van der Waals surface area contributed by atoms with Crippen LogP contribution in [0.1, 0.15) is 0 Å². The summed E-state index contributed by atoms with van der Waals surface area (Å²) >= 11 is 0. The van der Waals surface area contributed by atoms with Crippen LogP contribution in [-0.4, -0.2) is 41.1 Å². The van der Waals surface area contributed by atoms with Gasteiger partial charge in [0.05, 0.1) is 18.3 Å². The van der Waals surface area contributed by atoms with Crippen LogP contribution in [0.3, 0.4) is 0 Å². The van der Waals surface area contributed by atoms with E-state index in [2.05, 4.69) is 9.97 Å². The summed E-state index contributed by atoms with van der Waals surface area (Å²) < 4.78 is 47.3. The summed E-state index contributed by atoms with van der Waals surface area (Å²) in [7, 11) is 1.26. The minimum Gasteiger partial charge on any atom is -0.493 e. The topological polar surface area (TPSA) is 84.8 Å². The Morgan fingerprint density at radius 2 is 1.86 bits per heavy atom. The van der Waals surface area contributed by atoms with Crippen LogP contribution in [-0.2, 0) is 0 Å². The van der Waals surface area contributed by atoms with E-state index in [4.69, 9.17) is 9.47 Å². The molecule has 0 bridgehead atoms. The Morgan fingerprint density at radius 3 is 2.46 bits per heavy atom. The fraction of sp³-hybridized carbons (Fsp3) is 0.167. The number of aromatic nitrogens is 2. The van der Waals surface area contributed by atoms with Gasteiger partial charge in [-0.1, -0.05) is 18.2 Å². The zero-order valence-electron chi connectivity index (χ0n) is 14.5. The van der Waals surface area contributed by atoms with E-state index in [0.29, 0.717) is 5.69 Å². The molecule has 0 aliphatic carbocycles. The smallest absolute Gasteiger partial charge is 0.422 e. The summed E-state index contributed by atoms with van der Waals surface area (Å²) in [5, 5.41) is 9.95. The Labute approximate surface area is 157 Å². The van der Waals surface area contributed by atoms with Crippen molar-refractivity contribution in [2.75, 3.05) is 18.6 Å². The number of para-hydroxylation sites is 1. The number of ether oxygens (including phenoxy) is 2. The van der Waals surface area contributed by atoms with Crippen molar-refractivity contribution in [1.29, 1.82) is 0 Å². The van der Waals surface area contributed by atoms with Gasteiger partial charge in [0.1, 0.15) is 6.33 Å².